The number of unbranched alkanes of at least 4 members (excludes halogenated alkanes) is 18. The van der Waals surface area contributed by atoms with Crippen molar-refractivity contribution in [3.05, 3.63) is 0 Å². The van der Waals surface area contributed by atoms with E-state index >= 15 is 0 Å². The van der Waals surface area contributed by atoms with Gasteiger partial charge in [-0.1, -0.05) is 142 Å². The van der Waals surface area contributed by atoms with Crippen molar-refractivity contribution in [3.63, 3.8) is 0 Å². The normalized spacial score (nSPS) is 11.6. The van der Waals surface area contributed by atoms with E-state index < -0.39 is 0 Å². The van der Waals surface area contributed by atoms with Gasteiger partial charge in [-0.25, -0.2) is 0 Å². The zero-order valence-electron chi connectivity index (χ0n) is 19.2. The van der Waals surface area contributed by atoms with Crippen LogP contribution in [0.4, 0.5) is 0 Å². The van der Waals surface area contributed by atoms with Crippen LogP contribution in [0.5, 0.6) is 0 Å². The van der Waals surface area contributed by atoms with Crippen LogP contribution in [-0.2, 0) is 0 Å². The summed E-state index contributed by atoms with van der Waals surface area (Å²) in [7, 11) is 0. The molecule has 0 bridgehead atoms. The van der Waals surface area contributed by atoms with Gasteiger partial charge in [-0.3, -0.25) is 0 Å². The minimum atomic E-state index is 0.787. The Morgan fingerprint density at radius 3 is 0.926 bits per heavy atom. The molecule has 164 valence electrons. The maximum Gasteiger partial charge on any atom is 0.0251 e. The predicted molar refractivity (Wildman–Crippen MR) is 127 cm³/mol. The molecular weight excluding hydrogens is 348 g/mol. The standard InChI is InChI=1S/C26H53Cl/c1-3-5-7-9-11-13-15-17-19-21-23-26(25-27)24-22-20-18-16-14-12-10-8-6-4-2/h26H,3-25H2,1-2H3. The molecule has 0 aliphatic carbocycles. The van der Waals surface area contributed by atoms with Crippen LogP contribution >= 0.6 is 11.6 Å². The first kappa shape index (κ1) is 27.3. The van der Waals surface area contributed by atoms with E-state index in [0.29, 0.717) is 0 Å². The summed E-state index contributed by atoms with van der Waals surface area (Å²) in [5.74, 6) is 1.67. The highest BCUT2D eigenvalue weighted by molar-refractivity contribution is 6.18. The van der Waals surface area contributed by atoms with Crippen LogP contribution in [0, 0.1) is 5.92 Å². The maximum atomic E-state index is 6.21. The van der Waals surface area contributed by atoms with Crippen molar-refractivity contribution in [3.8, 4) is 0 Å². The Morgan fingerprint density at radius 2 is 0.667 bits per heavy atom. The predicted octanol–water partition coefficient (Wildman–Crippen LogP) is 10.5. The largest absolute Gasteiger partial charge is 0.126 e. The van der Waals surface area contributed by atoms with Gasteiger partial charge < -0.3 is 0 Å². The van der Waals surface area contributed by atoms with Crippen LogP contribution in [0.3, 0.4) is 0 Å². The van der Waals surface area contributed by atoms with E-state index in [4.69, 9.17) is 11.6 Å². The van der Waals surface area contributed by atoms with Gasteiger partial charge in [-0.2, -0.15) is 0 Å². The van der Waals surface area contributed by atoms with Crippen LogP contribution in [0.1, 0.15) is 155 Å². The molecule has 0 atom stereocenters. The van der Waals surface area contributed by atoms with E-state index in [1.807, 2.05) is 0 Å². The summed E-state index contributed by atoms with van der Waals surface area (Å²) in [5.41, 5.74) is 0. The molecule has 27 heavy (non-hydrogen) atoms. The first-order valence-corrected chi connectivity index (χ1v) is 13.4. The fourth-order valence-electron chi connectivity index (χ4n) is 4.14. The summed E-state index contributed by atoms with van der Waals surface area (Å²) in [5, 5.41) is 0. The summed E-state index contributed by atoms with van der Waals surface area (Å²) in [6, 6.07) is 0. The van der Waals surface area contributed by atoms with Gasteiger partial charge in [0.1, 0.15) is 0 Å². The zero-order valence-corrected chi connectivity index (χ0v) is 20.0. The molecule has 0 spiro atoms. The molecule has 1 heteroatoms. The zero-order chi connectivity index (χ0) is 19.8. The van der Waals surface area contributed by atoms with E-state index in [0.717, 1.165) is 11.8 Å². The smallest absolute Gasteiger partial charge is 0.0251 e. The third kappa shape index (κ3) is 22.4. The summed E-state index contributed by atoms with van der Waals surface area (Å²) in [4.78, 5) is 0. The Morgan fingerprint density at radius 1 is 0.407 bits per heavy atom. The van der Waals surface area contributed by atoms with Gasteiger partial charge in [0.05, 0.1) is 0 Å². The number of rotatable bonds is 23. The third-order valence-electron chi connectivity index (χ3n) is 6.15. The van der Waals surface area contributed by atoms with Gasteiger partial charge in [0, 0.05) is 5.88 Å². The molecule has 0 nitrogen and oxygen atoms in total. The highest BCUT2D eigenvalue weighted by atomic mass is 35.5. The van der Waals surface area contributed by atoms with Crippen molar-refractivity contribution < 1.29 is 0 Å². The fraction of sp³-hybridized carbons (Fsp3) is 1.00. The van der Waals surface area contributed by atoms with Gasteiger partial charge in [0.2, 0.25) is 0 Å². The van der Waals surface area contributed by atoms with Crippen LogP contribution < -0.4 is 0 Å². The number of halogens is 1. The lowest BCUT2D eigenvalue weighted by Crippen LogP contribution is -2.02. The highest BCUT2D eigenvalue weighted by Gasteiger charge is 2.07. The molecule has 0 aromatic carbocycles. The lowest BCUT2D eigenvalue weighted by Gasteiger charge is -2.13. The minimum absolute atomic E-state index is 0.787. The Bertz CT molecular complexity index is 227. The molecule has 0 aliphatic rings. The van der Waals surface area contributed by atoms with Crippen molar-refractivity contribution in [2.24, 2.45) is 5.92 Å². The average molecular weight is 401 g/mol. The first-order valence-electron chi connectivity index (χ1n) is 12.9. The summed E-state index contributed by atoms with van der Waals surface area (Å²) < 4.78 is 0. The molecule has 0 saturated carbocycles. The molecule has 0 saturated heterocycles. The van der Waals surface area contributed by atoms with E-state index in [-0.39, 0.29) is 0 Å². The molecule has 0 aromatic heterocycles. The molecule has 0 N–H and O–H groups in total. The number of hydrogen-bond acceptors (Lipinski definition) is 0. The Labute approximate surface area is 178 Å². The second-order valence-electron chi connectivity index (χ2n) is 8.96. The summed E-state index contributed by atoms with van der Waals surface area (Å²) in [6.45, 7) is 4.59. The van der Waals surface area contributed by atoms with Gasteiger partial charge in [-0.15, -0.1) is 11.6 Å². The maximum absolute atomic E-state index is 6.21. The molecule has 0 aromatic rings. The summed E-state index contributed by atoms with van der Waals surface area (Å²) >= 11 is 6.21. The van der Waals surface area contributed by atoms with Crippen LogP contribution in [-0.4, -0.2) is 5.88 Å². The van der Waals surface area contributed by atoms with Crippen molar-refractivity contribution in [1.82, 2.24) is 0 Å². The summed E-state index contributed by atoms with van der Waals surface area (Å²) in [6.07, 6.45) is 31.5. The lowest BCUT2D eigenvalue weighted by atomic mass is 9.95. The molecule has 0 unspecified atom stereocenters. The molecule has 0 amide bonds. The van der Waals surface area contributed by atoms with E-state index in [1.165, 1.54) is 141 Å². The quantitative estimate of drug-likeness (QED) is 0.118. The Hall–Kier alpha value is 0.290. The SMILES string of the molecule is CCCCCCCCCCCCC(CCl)CCCCCCCCCCCC. The Balaban J connectivity index is 3.28. The molecule has 0 fully saturated rings. The van der Waals surface area contributed by atoms with Crippen molar-refractivity contribution in [2.45, 2.75) is 155 Å². The van der Waals surface area contributed by atoms with Crippen molar-refractivity contribution in [2.75, 3.05) is 5.88 Å². The van der Waals surface area contributed by atoms with Crippen molar-refractivity contribution in [1.29, 1.82) is 0 Å². The number of hydrogen-bond donors (Lipinski definition) is 0. The van der Waals surface area contributed by atoms with Crippen LogP contribution in [0.2, 0.25) is 0 Å². The van der Waals surface area contributed by atoms with Gasteiger partial charge in [0.25, 0.3) is 0 Å². The molecule has 0 aliphatic heterocycles. The minimum Gasteiger partial charge on any atom is -0.126 e. The van der Waals surface area contributed by atoms with Gasteiger partial charge in [-0.05, 0) is 18.8 Å². The molecular formula is C26H53Cl. The van der Waals surface area contributed by atoms with Crippen LogP contribution in [0.15, 0.2) is 0 Å². The lowest BCUT2D eigenvalue weighted by molar-refractivity contribution is 0.433. The topological polar surface area (TPSA) is 0 Å². The molecule has 0 radical (unpaired) electrons. The monoisotopic (exact) mass is 400 g/mol. The first-order chi connectivity index (χ1) is 13.3. The van der Waals surface area contributed by atoms with Crippen molar-refractivity contribution >= 4 is 11.6 Å². The molecule has 0 rings (SSSR count). The second kappa shape index (κ2) is 24.3. The highest BCUT2D eigenvalue weighted by Crippen LogP contribution is 2.20. The Kier molecular flexibility index (Phi) is 24.6. The van der Waals surface area contributed by atoms with E-state index in [2.05, 4.69) is 13.8 Å². The van der Waals surface area contributed by atoms with Gasteiger partial charge in [0.15, 0.2) is 0 Å². The second-order valence-corrected chi connectivity index (χ2v) is 9.27. The molecule has 0 heterocycles. The third-order valence-corrected chi connectivity index (χ3v) is 6.59. The van der Waals surface area contributed by atoms with E-state index in [9.17, 15) is 0 Å². The van der Waals surface area contributed by atoms with Crippen LogP contribution in [0.25, 0.3) is 0 Å². The fourth-order valence-corrected chi connectivity index (χ4v) is 4.45. The van der Waals surface area contributed by atoms with Gasteiger partial charge >= 0.3 is 0 Å². The average Bonchev–Trinajstić information content (AvgIpc) is 2.69. The number of alkyl halides is 1. The van der Waals surface area contributed by atoms with E-state index in [1.54, 1.807) is 0 Å².